The number of nitrogens with zero attached hydrogens (tertiary/aromatic N) is 4. The van der Waals surface area contributed by atoms with E-state index in [1.807, 2.05) is 6.07 Å². The minimum absolute atomic E-state index is 0.190. The largest absolute Gasteiger partial charge is 0.417 e. The molecule has 4 N–H and O–H groups in total. The highest BCUT2D eigenvalue weighted by atomic mass is 32.2. The summed E-state index contributed by atoms with van der Waals surface area (Å²) in [5, 5.41) is 21.4. The van der Waals surface area contributed by atoms with Crippen LogP contribution in [-0.2, 0) is 16.2 Å². The van der Waals surface area contributed by atoms with E-state index in [9.17, 15) is 21.6 Å². The average molecular weight is 453 g/mol. The first-order valence-corrected chi connectivity index (χ1v) is 10.8. The Morgan fingerprint density at radius 3 is 2.45 bits per heavy atom. The Kier molecular flexibility index (Phi) is 5.41. The van der Waals surface area contributed by atoms with E-state index >= 15 is 0 Å². The third-order valence-electron chi connectivity index (χ3n) is 4.96. The van der Waals surface area contributed by atoms with Crippen LogP contribution in [0.25, 0.3) is 22.5 Å². The normalized spacial score (nSPS) is 15.3. The molecule has 1 aromatic heterocycles. The molecule has 31 heavy (non-hydrogen) atoms. The highest BCUT2D eigenvalue weighted by molar-refractivity contribution is 7.89. The van der Waals surface area contributed by atoms with Crippen LogP contribution in [0.1, 0.15) is 5.56 Å². The lowest BCUT2D eigenvalue weighted by atomic mass is 9.96. The zero-order chi connectivity index (χ0) is 22.2. The number of anilines is 1. The molecule has 0 atom stereocenters. The van der Waals surface area contributed by atoms with Gasteiger partial charge in [-0.2, -0.15) is 18.4 Å². The van der Waals surface area contributed by atoms with Gasteiger partial charge in [-0.05, 0) is 34.5 Å². The molecule has 0 saturated carbocycles. The van der Waals surface area contributed by atoms with Gasteiger partial charge < -0.3 is 10.2 Å². The highest BCUT2D eigenvalue weighted by Crippen LogP contribution is 2.43. The molecule has 1 saturated heterocycles. The first-order chi connectivity index (χ1) is 14.7. The van der Waals surface area contributed by atoms with Crippen molar-refractivity contribution in [3.05, 3.63) is 42.0 Å². The van der Waals surface area contributed by atoms with Crippen LogP contribution in [-0.4, -0.2) is 55.2 Å². The van der Waals surface area contributed by atoms with Crippen LogP contribution in [0.3, 0.4) is 0 Å². The van der Waals surface area contributed by atoms with Gasteiger partial charge in [0.05, 0.1) is 11.1 Å². The Labute approximate surface area is 175 Å². The molecule has 4 rings (SSSR count). The molecule has 2 aromatic carbocycles. The molecule has 1 fully saturated rings. The maximum absolute atomic E-state index is 13.6. The van der Waals surface area contributed by atoms with E-state index in [0.29, 0.717) is 11.6 Å². The zero-order valence-electron chi connectivity index (χ0n) is 16.0. The van der Waals surface area contributed by atoms with Crippen molar-refractivity contribution in [2.45, 2.75) is 11.1 Å². The molecule has 1 aliphatic heterocycles. The van der Waals surface area contributed by atoms with Gasteiger partial charge in [-0.3, -0.25) is 0 Å². The van der Waals surface area contributed by atoms with Gasteiger partial charge in [0.25, 0.3) is 0 Å². The number of halogens is 3. The van der Waals surface area contributed by atoms with E-state index < -0.39 is 26.7 Å². The van der Waals surface area contributed by atoms with Gasteiger partial charge in [0.2, 0.25) is 15.8 Å². The van der Waals surface area contributed by atoms with E-state index in [2.05, 4.69) is 30.8 Å². The number of nitrogens with two attached hydrogens (primary N) is 1. The minimum atomic E-state index is -4.96. The predicted octanol–water partition coefficient (Wildman–Crippen LogP) is 1.61. The van der Waals surface area contributed by atoms with E-state index in [0.717, 1.165) is 31.9 Å². The Hall–Kier alpha value is -3.03. The number of hydrogen-bond acceptors (Lipinski definition) is 7. The first kappa shape index (κ1) is 21.2. The van der Waals surface area contributed by atoms with Crippen LogP contribution >= 0.6 is 0 Å². The molecule has 0 radical (unpaired) electrons. The van der Waals surface area contributed by atoms with E-state index in [1.165, 1.54) is 6.07 Å². The fraction of sp³-hybridized carbons (Fsp3) is 0.278. The van der Waals surface area contributed by atoms with Crippen molar-refractivity contribution in [3.63, 3.8) is 0 Å². The van der Waals surface area contributed by atoms with E-state index in [1.54, 1.807) is 18.2 Å². The Morgan fingerprint density at radius 2 is 1.84 bits per heavy atom. The summed E-state index contributed by atoms with van der Waals surface area (Å²) in [5.74, 6) is -0.308. The van der Waals surface area contributed by atoms with Crippen molar-refractivity contribution in [1.29, 1.82) is 0 Å². The second-order valence-electron chi connectivity index (χ2n) is 6.93. The predicted molar refractivity (Wildman–Crippen MR) is 107 cm³/mol. The van der Waals surface area contributed by atoms with Crippen molar-refractivity contribution in [2.24, 2.45) is 5.14 Å². The number of rotatable bonds is 4. The van der Waals surface area contributed by atoms with Gasteiger partial charge in [0.1, 0.15) is 4.90 Å². The van der Waals surface area contributed by atoms with Crippen molar-refractivity contribution in [2.75, 3.05) is 31.1 Å². The maximum Gasteiger partial charge on any atom is 0.417 e. The monoisotopic (exact) mass is 453 g/mol. The smallest absolute Gasteiger partial charge is 0.369 e. The molecule has 9 nitrogen and oxygen atoms in total. The third kappa shape index (κ3) is 4.24. The van der Waals surface area contributed by atoms with Gasteiger partial charge in [-0.15, -0.1) is 10.2 Å². The van der Waals surface area contributed by atoms with E-state index in [-0.39, 0.29) is 17.0 Å². The summed E-state index contributed by atoms with van der Waals surface area (Å²) in [6, 6.07) is 8.99. The summed E-state index contributed by atoms with van der Waals surface area (Å²) >= 11 is 0. The number of alkyl halides is 3. The summed E-state index contributed by atoms with van der Waals surface area (Å²) in [6.07, 6.45) is -4.96. The number of sulfonamides is 1. The van der Waals surface area contributed by atoms with Gasteiger partial charge >= 0.3 is 6.18 Å². The highest BCUT2D eigenvalue weighted by Gasteiger charge is 2.39. The topological polar surface area (TPSA) is 130 Å². The molecule has 0 bridgehead atoms. The Balaban J connectivity index is 1.98. The second-order valence-corrected chi connectivity index (χ2v) is 8.43. The van der Waals surface area contributed by atoms with Crippen LogP contribution in [0, 0.1) is 0 Å². The zero-order valence-corrected chi connectivity index (χ0v) is 16.8. The van der Waals surface area contributed by atoms with Gasteiger partial charge in [-0.1, -0.05) is 18.2 Å². The maximum atomic E-state index is 13.6. The number of primary sulfonamides is 1. The number of piperazine rings is 1. The summed E-state index contributed by atoms with van der Waals surface area (Å²) in [4.78, 5) is 1.03. The van der Waals surface area contributed by atoms with Crippen molar-refractivity contribution in [1.82, 2.24) is 25.9 Å². The number of hydrogen-bond donors (Lipinski definition) is 3. The first-order valence-electron chi connectivity index (χ1n) is 9.23. The molecule has 1 aliphatic rings. The number of H-pyrrole nitrogens is 1. The lowest BCUT2D eigenvalue weighted by molar-refractivity contribution is -0.139. The van der Waals surface area contributed by atoms with Crippen LogP contribution in [0.2, 0.25) is 0 Å². The molecule has 0 spiro atoms. The fourth-order valence-electron chi connectivity index (χ4n) is 3.62. The van der Waals surface area contributed by atoms with Crippen LogP contribution < -0.4 is 15.4 Å². The summed E-state index contributed by atoms with van der Waals surface area (Å²) in [6.45, 7) is 3.12. The van der Waals surface area contributed by atoms with Gasteiger partial charge in [-0.25, -0.2) is 13.6 Å². The fourth-order valence-corrected chi connectivity index (χ4v) is 4.60. The minimum Gasteiger partial charge on any atom is -0.369 e. The molecular formula is C18H18F3N7O2S. The second kappa shape index (κ2) is 7.90. The molecule has 164 valence electrons. The van der Waals surface area contributed by atoms with Crippen molar-refractivity contribution >= 4 is 15.7 Å². The number of aromatic amines is 1. The SMILES string of the molecule is NS(=O)(=O)c1c(C(F)(F)F)ccc(-c2cccc(N3CCNCC3)c2)c1-c1nn[nH]n1. The lowest BCUT2D eigenvalue weighted by Gasteiger charge is -2.30. The van der Waals surface area contributed by atoms with Crippen LogP contribution in [0.15, 0.2) is 41.3 Å². The number of nitrogens with one attached hydrogen (secondary N) is 2. The summed E-state index contributed by atoms with van der Waals surface area (Å²) < 4.78 is 65.5. The lowest BCUT2D eigenvalue weighted by Crippen LogP contribution is -2.43. The molecule has 13 heteroatoms. The standard InChI is InChI=1S/C18H18F3N7O2S/c19-18(20,21)14-5-4-13(15(16(14)31(22,29)30)17-24-26-27-25-17)11-2-1-3-12(10-11)28-8-6-23-7-9-28/h1-5,10,23H,6-9H2,(H2,22,29,30)(H,24,25,26,27). The molecule has 2 heterocycles. The van der Waals surface area contributed by atoms with E-state index in [4.69, 9.17) is 5.14 Å². The van der Waals surface area contributed by atoms with Crippen molar-refractivity contribution in [3.8, 4) is 22.5 Å². The molecule has 0 aliphatic carbocycles. The van der Waals surface area contributed by atoms with Crippen molar-refractivity contribution < 1.29 is 21.6 Å². The Morgan fingerprint density at radius 1 is 1.10 bits per heavy atom. The number of aromatic nitrogens is 4. The van der Waals surface area contributed by atoms with Gasteiger partial charge in [0.15, 0.2) is 0 Å². The third-order valence-corrected chi connectivity index (χ3v) is 5.95. The van der Waals surface area contributed by atoms with Crippen LogP contribution in [0.5, 0.6) is 0 Å². The molecule has 3 aromatic rings. The summed E-state index contributed by atoms with van der Waals surface area (Å²) in [5.41, 5.74) is -0.208. The van der Waals surface area contributed by atoms with Crippen LogP contribution in [0.4, 0.5) is 18.9 Å². The molecular weight excluding hydrogens is 435 g/mol. The van der Waals surface area contributed by atoms with Gasteiger partial charge in [0, 0.05) is 31.9 Å². The number of benzene rings is 2. The summed E-state index contributed by atoms with van der Waals surface area (Å²) in [7, 11) is -4.79. The number of tetrazole rings is 1. The molecule has 0 amide bonds. The average Bonchev–Trinajstić information content (AvgIpc) is 3.27. The Bertz CT molecular complexity index is 1190. The quantitative estimate of drug-likeness (QED) is 0.547. The molecule has 0 unspecified atom stereocenters.